The number of hydrogen-bond acceptors (Lipinski definition) is 4. The first kappa shape index (κ1) is 15.9. The van der Waals surface area contributed by atoms with E-state index in [0.29, 0.717) is 11.9 Å². The first-order valence-electron chi connectivity index (χ1n) is 7.36. The van der Waals surface area contributed by atoms with E-state index in [1.165, 1.54) is 12.8 Å². The molecule has 4 nitrogen and oxygen atoms in total. The SMILES string of the molecule is CCCNC(CC(CC)CC)c1ccc(OC)nn1. The van der Waals surface area contributed by atoms with E-state index in [4.69, 9.17) is 4.74 Å². The van der Waals surface area contributed by atoms with Crippen LogP contribution in [-0.2, 0) is 0 Å². The molecule has 0 aliphatic carbocycles. The van der Waals surface area contributed by atoms with Crippen LogP contribution in [0.15, 0.2) is 12.1 Å². The van der Waals surface area contributed by atoms with Gasteiger partial charge in [-0.15, -0.1) is 5.10 Å². The van der Waals surface area contributed by atoms with Gasteiger partial charge in [-0.2, -0.15) is 5.10 Å². The summed E-state index contributed by atoms with van der Waals surface area (Å²) in [6.45, 7) is 7.70. The minimum atomic E-state index is 0.295. The highest BCUT2D eigenvalue weighted by Gasteiger charge is 2.17. The zero-order valence-electron chi connectivity index (χ0n) is 12.6. The Morgan fingerprint density at radius 2 is 1.89 bits per heavy atom. The highest BCUT2D eigenvalue weighted by molar-refractivity contribution is 5.14. The van der Waals surface area contributed by atoms with Gasteiger partial charge in [0.15, 0.2) is 0 Å². The molecule has 0 aromatic carbocycles. The Morgan fingerprint density at radius 1 is 1.16 bits per heavy atom. The van der Waals surface area contributed by atoms with Crippen LogP contribution in [-0.4, -0.2) is 23.9 Å². The third-order valence-corrected chi connectivity index (χ3v) is 3.59. The van der Waals surface area contributed by atoms with E-state index >= 15 is 0 Å². The highest BCUT2D eigenvalue weighted by atomic mass is 16.5. The lowest BCUT2D eigenvalue weighted by Crippen LogP contribution is -2.25. The molecule has 0 aliphatic heterocycles. The Balaban J connectivity index is 2.75. The van der Waals surface area contributed by atoms with Gasteiger partial charge in [0.05, 0.1) is 18.8 Å². The topological polar surface area (TPSA) is 47.0 Å². The maximum atomic E-state index is 5.06. The molecule has 19 heavy (non-hydrogen) atoms. The lowest BCUT2D eigenvalue weighted by atomic mass is 9.93. The zero-order chi connectivity index (χ0) is 14.1. The van der Waals surface area contributed by atoms with Gasteiger partial charge in [0.25, 0.3) is 0 Å². The van der Waals surface area contributed by atoms with Crippen molar-refractivity contribution in [3.63, 3.8) is 0 Å². The maximum Gasteiger partial charge on any atom is 0.233 e. The summed E-state index contributed by atoms with van der Waals surface area (Å²) in [7, 11) is 1.61. The van der Waals surface area contributed by atoms with Crippen LogP contribution in [0, 0.1) is 5.92 Å². The molecule has 1 unspecified atom stereocenters. The molecule has 4 heteroatoms. The Bertz CT molecular complexity index is 336. The van der Waals surface area contributed by atoms with Gasteiger partial charge in [-0.05, 0) is 31.4 Å². The summed E-state index contributed by atoms with van der Waals surface area (Å²) in [4.78, 5) is 0. The van der Waals surface area contributed by atoms with Gasteiger partial charge in [-0.1, -0.05) is 33.6 Å². The molecule has 1 atom stereocenters. The third-order valence-electron chi connectivity index (χ3n) is 3.59. The molecule has 0 fully saturated rings. The van der Waals surface area contributed by atoms with Crippen molar-refractivity contribution in [3.05, 3.63) is 17.8 Å². The largest absolute Gasteiger partial charge is 0.480 e. The second-order valence-corrected chi connectivity index (χ2v) is 4.93. The van der Waals surface area contributed by atoms with E-state index in [0.717, 1.165) is 31.0 Å². The van der Waals surface area contributed by atoms with Crippen molar-refractivity contribution >= 4 is 0 Å². The molecule has 0 saturated carbocycles. The normalized spacial score (nSPS) is 12.7. The number of nitrogens with zero attached hydrogens (tertiary/aromatic N) is 2. The summed E-state index contributed by atoms with van der Waals surface area (Å²) in [5.41, 5.74) is 1.01. The van der Waals surface area contributed by atoms with Crippen molar-refractivity contribution in [3.8, 4) is 5.88 Å². The Hall–Kier alpha value is -1.16. The van der Waals surface area contributed by atoms with Gasteiger partial charge >= 0.3 is 0 Å². The van der Waals surface area contributed by atoms with Crippen LogP contribution in [0.25, 0.3) is 0 Å². The molecule has 1 aromatic rings. The highest BCUT2D eigenvalue weighted by Crippen LogP contribution is 2.24. The molecular weight excluding hydrogens is 238 g/mol. The fourth-order valence-corrected chi connectivity index (χ4v) is 2.21. The van der Waals surface area contributed by atoms with Crippen molar-refractivity contribution < 1.29 is 4.74 Å². The number of nitrogens with one attached hydrogen (secondary N) is 1. The Morgan fingerprint density at radius 3 is 2.37 bits per heavy atom. The van der Waals surface area contributed by atoms with Gasteiger partial charge in [0.1, 0.15) is 0 Å². The predicted octanol–water partition coefficient (Wildman–Crippen LogP) is 3.35. The Kier molecular flexibility index (Phi) is 7.41. The van der Waals surface area contributed by atoms with E-state index in [-0.39, 0.29) is 0 Å². The van der Waals surface area contributed by atoms with Crippen LogP contribution in [0.4, 0.5) is 0 Å². The van der Waals surface area contributed by atoms with Crippen LogP contribution in [0.2, 0.25) is 0 Å². The minimum absolute atomic E-state index is 0.295. The number of hydrogen-bond donors (Lipinski definition) is 1. The van der Waals surface area contributed by atoms with E-state index in [9.17, 15) is 0 Å². The summed E-state index contributed by atoms with van der Waals surface area (Å²) in [6, 6.07) is 4.19. The zero-order valence-corrected chi connectivity index (χ0v) is 12.6. The molecule has 1 rings (SSSR count). The average molecular weight is 265 g/mol. The molecule has 1 aromatic heterocycles. The average Bonchev–Trinajstić information content (AvgIpc) is 2.48. The summed E-state index contributed by atoms with van der Waals surface area (Å²) in [6.07, 6.45) is 4.67. The summed E-state index contributed by atoms with van der Waals surface area (Å²) >= 11 is 0. The summed E-state index contributed by atoms with van der Waals surface area (Å²) in [5, 5.41) is 11.9. The smallest absolute Gasteiger partial charge is 0.233 e. The molecule has 0 radical (unpaired) electrons. The van der Waals surface area contributed by atoms with E-state index in [1.54, 1.807) is 7.11 Å². The van der Waals surface area contributed by atoms with Crippen LogP contribution in [0.5, 0.6) is 5.88 Å². The van der Waals surface area contributed by atoms with Crippen molar-refractivity contribution in [1.29, 1.82) is 0 Å². The quantitative estimate of drug-likeness (QED) is 0.744. The first-order chi connectivity index (χ1) is 9.24. The molecule has 0 bridgehead atoms. The van der Waals surface area contributed by atoms with Crippen molar-refractivity contribution in [2.45, 2.75) is 52.5 Å². The Labute approximate surface area is 117 Å². The molecule has 108 valence electrons. The van der Waals surface area contributed by atoms with Crippen LogP contribution in [0.1, 0.15) is 58.2 Å². The minimum Gasteiger partial charge on any atom is -0.480 e. The molecule has 0 aliphatic rings. The standard InChI is InChI=1S/C15H27N3O/c1-5-10-16-14(11-12(6-2)7-3)13-8-9-15(19-4)18-17-13/h8-9,12,14,16H,5-7,10-11H2,1-4H3. The van der Waals surface area contributed by atoms with Gasteiger partial charge in [0.2, 0.25) is 5.88 Å². The first-order valence-corrected chi connectivity index (χ1v) is 7.36. The fraction of sp³-hybridized carbons (Fsp3) is 0.733. The van der Waals surface area contributed by atoms with Gasteiger partial charge < -0.3 is 10.1 Å². The molecule has 0 amide bonds. The summed E-state index contributed by atoms with van der Waals surface area (Å²) in [5.74, 6) is 1.30. The maximum absolute atomic E-state index is 5.06. The lowest BCUT2D eigenvalue weighted by molar-refractivity contribution is 0.359. The molecule has 1 heterocycles. The lowest BCUT2D eigenvalue weighted by Gasteiger charge is -2.22. The van der Waals surface area contributed by atoms with E-state index in [2.05, 4.69) is 36.3 Å². The van der Waals surface area contributed by atoms with Crippen molar-refractivity contribution in [2.75, 3.05) is 13.7 Å². The molecule has 1 N–H and O–H groups in total. The third kappa shape index (κ3) is 5.15. The monoisotopic (exact) mass is 265 g/mol. The van der Waals surface area contributed by atoms with Gasteiger partial charge in [-0.3, -0.25) is 0 Å². The van der Waals surface area contributed by atoms with Crippen LogP contribution < -0.4 is 10.1 Å². The van der Waals surface area contributed by atoms with E-state index in [1.807, 2.05) is 12.1 Å². The summed E-state index contributed by atoms with van der Waals surface area (Å²) < 4.78 is 5.06. The van der Waals surface area contributed by atoms with Gasteiger partial charge in [-0.25, -0.2) is 0 Å². The number of rotatable bonds is 9. The second-order valence-electron chi connectivity index (χ2n) is 4.93. The van der Waals surface area contributed by atoms with E-state index < -0.39 is 0 Å². The van der Waals surface area contributed by atoms with Gasteiger partial charge in [0, 0.05) is 6.07 Å². The molecule has 0 saturated heterocycles. The fourth-order valence-electron chi connectivity index (χ4n) is 2.21. The van der Waals surface area contributed by atoms with Crippen molar-refractivity contribution in [2.24, 2.45) is 5.92 Å². The predicted molar refractivity (Wildman–Crippen MR) is 78.3 cm³/mol. The van der Waals surface area contributed by atoms with Crippen LogP contribution >= 0.6 is 0 Å². The van der Waals surface area contributed by atoms with Crippen LogP contribution in [0.3, 0.4) is 0 Å². The second kappa shape index (κ2) is 8.86. The number of ether oxygens (including phenoxy) is 1. The molecule has 0 spiro atoms. The van der Waals surface area contributed by atoms with Crippen molar-refractivity contribution in [1.82, 2.24) is 15.5 Å². The number of methoxy groups -OCH3 is 1. The number of aromatic nitrogens is 2. The molecular formula is C15H27N3O.